The van der Waals surface area contributed by atoms with Crippen LogP contribution in [0.2, 0.25) is 0 Å². The van der Waals surface area contributed by atoms with Gasteiger partial charge in [-0.15, -0.1) is 0 Å². The highest BCUT2D eigenvalue weighted by atomic mass is 19.1. The zero-order chi connectivity index (χ0) is 21.2. The fraction of sp³-hybridized carbons (Fsp3) is 0.286. The molecule has 7 nitrogen and oxygen atoms in total. The number of hydrogen-bond donors (Lipinski definition) is 2. The van der Waals surface area contributed by atoms with Crippen molar-refractivity contribution in [2.45, 2.75) is 13.5 Å². The molecule has 2 rings (SSSR count). The average molecular weight is 401 g/mol. The first kappa shape index (κ1) is 22.0. The monoisotopic (exact) mass is 401 g/mol. The predicted octanol–water partition coefficient (Wildman–Crippen LogP) is 2.19. The summed E-state index contributed by atoms with van der Waals surface area (Å²) < 4.78 is 18.1. The molecule has 154 valence electrons. The van der Waals surface area contributed by atoms with Crippen molar-refractivity contribution >= 4 is 23.5 Å². The molecule has 0 aliphatic carbocycles. The van der Waals surface area contributed by atoms with Crippen LogP contribution in [0.25, 0.3) is 0 Å². The third kappa shape index (κ3) is 7.34. The number of rotatable bonds is 9. The molecule has 0 fully saturated rings. The van der Waals surface area contributed by atoms with Gasteiger partial charge in [-0.2, -0.15) is 0 Å². The maximum absolute atomic E-state index is 13.1. The van der Waals surface area contributed by atoms with Gasteiger partial charge in [0.05, 0.1) is 19.7 Å². The number of ether oxygens (including phenoxy) is 1. The molecular weight excluding hydrogens is 377 g/mol. The van der Waals surface area contributed by atoms with E-state index in [0.29, 0.717) is 11.3 Å². The van der Waals surface area contributed by atoms with Crippen LogP contribution >= 0.6 is 0 Å². The van der Waals surface area contributed by atoms with Crippen LogP contribution in [0.1, 0.15) is 22.8 Å². The zero-order valence-corrected chi connectivity index (χ0v) is 16.4. The largest absolute Gasteiger partial charge is 0.465 e. The Labute approximate surface area is 168 Å². The molecule has 0 aliphatic rings. The van der Waals surface area contributed by atoms with E-state index in [1.807, 2.05) is 0 Å². The van der Waals surface area contributed by atoms with Crippen LogP contribution in [-0.4, -0.2) is 49.4 Å². The molecule has 0 radical (unpaired) electrons. The van der Waals surface area contributed by atoms with Gasteiger partial charge < -0.3 is 15.4 Å². The van der Waals surface area contributed by atoms with Crippen LogP contribution < -0.4 is 10.6 Å². The Morgan fingerprint density at radius 2 is 1.66 bits per heavy atom. The zero-order valence-electron chi connectivity index (χ0n) is 16.4. The molecule has 0 saturated carbocycles. The van der Waals surface area contributed by atoms with E-state index in [9.17, 15) is 18.8 Å². The second-order valence-electron chi connectivity index (χ2n) is 6.28. The second kappa shape index (κ2) is 10.9. The maximum Gasteiger partial charge on any atom is 0.320 e. The SMILES string of the molecule is CCOC(=O)CN(CC(=O)Nc1ccc(C(=O)NC)cc1)Cc1ccc(F)cc1. The molecule has 29 heavy (non-hydrogen) atoms. The molecule has 0 heterocycles. The van der Waals surface area contributed by atoms with E-state index in [1.54, 1.807) is 48.2 Å². The van der Waals surface area contributed by atoms with Gasteiger partial charge in [0, 0.05) is 24.8 Å². The van der Waals surface area contributed by atoms with Crippen molar-refractivity contribution in [1.29, 1.82) is 0 Å². The molecule has 0 bridgehead atoms. The number of esters is 1. The van der Waals surface area contributed by atoms with Gasteiger partial charge in [0.15, 0.2) is 0 Å². The highest BCUT2D eigenvalue weighted by molar-refractivity contribution is 5.96. The van der Waals surface area contributed by atoms with Crippen LogP contribution in [0.5, 0.6) is 0 Å². The topological polar surface area (TPSA) is 87.7 Å². The number of amides is 2. The summed E-state index contributed by atoms with van der Waals surface area (Å²) >= 11 is 0. The first-order valence-electron chi connectivity index (χ1n) is 9.15. The van der Waals surface area contributed by atoms with Crippen LogP contribution in [0.4, 0.5) is 10.1 Å². The molecule has 2 N–H and O–H groups in total. The lowest BCUT2D eigenvalue weighted by molar-refractivity contribution is -0.144. The Morgan fingerprint density at radius 1 is 1.00 bits per heavy atom. The van der Waals surface area contributed by atoms with E-state index in [1.165, 1.54) is 19.2 Å². The molecule has 0 unspecified atom stereocenters. The third-order valence-corrected chi connectivity index (χ3v) is 4.00. The minimum atomic E-state index is -0.447. The quantitative estimate of drug-likeness (QED) is 0.629. The van der Waals surface area contributed by atoms with Gasteiger partial charge in [0.1, 0.15) is 5.82 Å². The summed E-state index contributed by atoms with van der Waals surface area (Å²) in [4.78, 5) is 37.5. The first-order valence-corrected chi connectivity index (χ1v) is 9.15. The van der Waals surface area contributed by atoms with Gasteiger partial charge in [-0.25, -0.2) is 4.39 Å². The van der Waals surface area contributed by atoms with E-state index in [4.69, 9.17) is 4.74 Å². The first-order chi connectivity index (χ1) is 13.9. The fourth-order valence-electron chi connectivity index (χ4n) is 2.66. The normalized spacial score (nSPS) is 10.5. The maximum atomic E-state index is 13.1. The summed E-state index contributed by atoms with van der Waals surface area (Å²) in [7, 11) is 1.54. The Bertz CT molecular complexity index is 838. The van der Waals surface area contributed by atoms with Crippen LogP contribution in [-0.2, 0) is 20.9 Å². The van der Waals surface area contributed by atoms with Crippen molar-refractivity contribution in [2.24, 2.45) is 0 Å². The summed E-state index contributed by atoms with van der Waals surface area (Å²) in [6.45, 7) is 2.09. The smallest absolute Gasteiger partial charge is 0.320 e. The lowest BCUT2D eigenvalue weighted by atomic mass is 10.2. The number of benzene rings is 2. The Morgan fingerprint density at radius 3 is 2.24 bits per heavy atom. The van der Waals surface area contributed by atoms with Gasteiger partial charge in [0.2, 0.25) is 5.91 Å². The van der Waals surface area contributed by atoms with Crippen LogP contribution in [0.3, 0.4) is 0 Å². The number of carbonyl (C=O) groups excluding carboxylic acids is 3. The van der Waals surface area contributed by atoms with Crippen molar-refractivity contribution in [3.8, 4) is 0 Å². The number of carbonyl (C=O) groups is 3. The average Bonchev–Trinajstić information content (AvgIpc) is 2.69. The van der Waals surface area contributed by atoms with Gasteiger partial charge >= 0.3 is 5.97 Å². The van der Waals surface area contributed by atoms with Crippen molar-refractivity contribution in [2.75, 3.05) is 32.1 Å². The number of nitrogens with one attached hydrogen (secondary N) is 2. The summed E-state index contributed by atoms with van der Waals surface area (Å²) in [5, 5.41) is 5.25. The number of hydrogen-bond acceptors (Lipinski definition) is 5. The Balaban J connectivity index is 2.02. The molecule has 0 spiro atoms. The van der Waals surface area contributed by atoms with Gasteiger partial charge in [-0.1, -0.05) is 12.1 Å². The molecule has 0 saturated heterocycles. The number of anilines is 1. The number of nitrogens with zero attached hydrogens (tertiary/aromatic N) is 1. The molecule has 0 aromatic heterocycles. The molecule has 0 atom stereocenters. The molecule has 2 aromatic carbocycles. The fourth-order valence-corrected chi connectivity index (χ4v) is 2.66. The second-order valence-corrected chi connectivity index (χ2v) is 6.28. The van der Waals surface area contributed by atoms with E-state index < -0.39 is 5.97 Å². The standard InChI is InChI=1S/C21H24FN3O4/c1-3-29-20(27)14-25(12-15-4-8-17(22)9-5-15)13-19(26)24-18-10-6-16(7-11-18)21(28)23-2/h4-11H,3,12-14H2,1-2H3,(H,23,28)(H,24,26). The molecule has 2 aromatic rings. The van der Waals surface area contributed by atoms with Crippen molar-refractivity contribution in [3.05, 3.63) is 65.5 Å². The van der Waals surface area contributed by atoms with E-state index >= 15 is 0 Å². The number of halogens is 1. The third-order valence-electron chi connectivity index (χ3n) is 4.00. The summed E-state index contributed by atoms with van der Waals surface area (Å²) in [5.74, 6) is -1.35. The van der Waals surface area contributed by atoms with Crippen molar-refractivity contribution in [3.63, 3.8) is 0 Å². The lowest BCUT2D eigenvalue weighted by Crippen LogP contribution is -2.37. The van der Waals surface area contributed by atoms with Gasteiger partial charge in [0.25, 0.3) is 5.91 Å². The van der Waals surface area contributed by atoms with Gasteiger partial charge in [-0.05, 0) is 48.9 Å². The van der Waals surface area contributed by atoms with Crippen LogP contribution in [0.15, 0.2) is 48.5 Å². The van der Waals surface area contributed by atoms with E-state index in [2.05, 4.69) is 10.6 Å². The van der Waals surface area contributed by atoms with Crippen molar-refractivity contribution < 1.29 is 23.5 Å². The molecule has 8 heteroatoms. The molecular formula is C21H24FN3O4. The summed E-state index contributed by atoms with van der Waals surface area (Å²) in [5.41, 5.74) is 1.77. The van der Waals surface area contributed by atoms with Crippen molar-refractivity contribution in [1.82, 2.24) is 10.2 Å². The summed E-state index contributed by atoms with van der Waals surface area (Å²) in [6.07, 6.45) is 0. The minimum absolute atomic E-state index is 0.0621. The minimum Gasteiger partial charge on any atom is -0.465 e. The van der Waals surface area contributed by atoms with E-state index in [0.717, 1.165) is 5.56 Å². The Kier molecular flexibility index (Phi) is 8.29. The van der Waals surface area contributed by atoms with Crippen LogP contribution in [0, 0.1) is 5.82 Å². The molecule has 0 aliphatic heterocycles. The Hall–Kier alpha value is -3.26. The summed E-state index contributed by atoms with van der Waals surface area (Å²) in [6, 6.07) is 12.3. The predicted molar refractivity (Wildman–Crippen MR) is 107 cm³/mol. The lowest BCUT2D eigenvalue weighted by Gasteiger charge is -2.21. The molecule has 2 amide bonds. The highest BCUT2D eigenvalue weighted by Crippen LogP contribution is 2.11. The highest BCUT2D eigenvalue weighted by Gasteiger charge is 2.16. The van der Waals surface area contributed by atoms with Gasteiger partial charge in [-0.3, -0.25) is 19.3 Å². The van der Waals surface area contributed by atoms with E-state index in [-0.39, 0.29) is 43.9 Å².